The van der Waals surface area contributed by atoms with Crippen LogP contribution in [0, 0.1) is 17.6 Å². The molecule has 1 atom stereocenters. The van der Waals surface area contributed by atoms with Crippen molar-refractivity contribution in [2.75, 3.05) is 37.0 Å². The summed E-state index contributed by atoms with van der Waals surface area (Å²) in [5.74, 6) is -0.890. The standard InChI is InChI=1S/C19H20ClF2N3O2/c1-27-14-3-5-18(15(20)9-14)24-19(26)23-10-12-6-7-25(11-12)13-2-4-16(21)17(22)8-13/h2-5,8-9,12H,6-7,10-11H2,1H3,(H2,23,24,26). The second kappa shape index (κ2) is 8.43. The number of ether oxygens (including phenoxy) is 1. The van der Waals surface area contributed by atoms with Crippen LogP contribution in [0.5, 0.6) is 5.75 Å². The third-order valence-electron chi connectivity index (χ3n) is 4.53. The van der Waals surface area contributed by atoms with E-state index in [2.05, 4.69) is 10.6 Å². The normalized spacial score (nSPS) is 16.3. The van der Waals surface area contributed by atoms with E-state index in [-0.39, 0.29) is 11.9 Å². The van der Waals surface area contributed by atoms with E-state index in [0.717, 1.165) is 19.0 Å². The maximum Gasteiger partial charge on any atom is 0.319 e. The van der Waals surface area contributed by atoms with Gasteiger partial charge in [-0.25, -0.2) is 13.6 Å². The van der Waals surface area contributed by atoms with Gasteiger partial charge in [0.15, 0.2) is 11.6 Å². The van der Waals surface area contributed by atoms with Gasteiger partial charge in [-0.05, 0) is 36.6 Å². The van der Waals surface area contributed by atoms with E-state index in [1.165, 1.54) is 13.2 Å². The summed E-state index contributed by atoms with van der Waals surface area (Å²) in [7, 11) is 1.54. The third-order valence-corrected chi connectivity index (χ3v) is 4.84. The van der Waals surface area contributed by atoms with Gasteiger partial charge in [0.1, 0.15) is 5.75 Å². The molecule has 2 aromatic carbocycles. The van der Waals surface area contributed by atoms with Gasteiger partial charge in [0.25, 0.3) is 0 Å². The van der Waals surface area contributed by atoms with Crippen molar-refractivity contribution in [3.63, 3.8) is 0 Å². The molecule has 1 unspecified atom stereocenters. The average Bonchev–Trinajstić information content (AvgIpc) is 3.13. The van der Waals surface area contributed by atoms with E-state index in [4.69, 9.17) is 16.3 Å². The lowest BCUT2D eigenvalue weighted by atomic mass is 10.1. The molecule has 3 rings (SSSR count). The lowest BCUT2D eigenvalue weighted by Crippen LogP contribution is -2.34. The SMILES string of the molecule is COc1ccc(NC(=O)NCC2CCN(c3ccc(F)c(F)c3)C2)c(Cl)c1. The minimum Gasteiger partial charge on any atom is -0.497 e. The first-order valence-electron chi connectivity index (χ1n) is 8.54. The lowest BCUT2D eigenvalue weighted by Gasteiger charge is -2.19. The van der Waals surface area contributed by atoms with Crippen LogP contribution in [0.2, 0.25) is 5.02 Å². The number of carbonyl (C=O) groups excluding carboxylic acids is 1. The summed E-state index contributed by atoms with van der Waals surface area (Å²) >= 11 is 6.10. The van der Waals surface area contributed by atoms with E-state index in [0.29, 0.717) is 35.2 Å². The first-order chi connectivity index (χ1) is 13.0. The van der Waals surface area contributed by atoms with Crippen molar-refractivity contribution in [2.45, 2.75) is 6.42 Å². The van der Waals surface area contributed by atoms with Gasteiger partial charge >= 0.3 is 6.03 Å². The molecule has 1 heterocycles. The number of anilines is 2. The first-order valence-corrected chi connectivity index (χ1v) is 8.92. The van der Waals surface area contributed by atoms with E-state index >= 15 is 0 Å². The van der Waals surface area contributed by atoms with Gasteiger partial charge in [-0.3, -0.25) is 0 Å². The quantitative estimate of drug-likeness (QED) is 0.794. The number of carbonyl (C=O) groups is 1. The number of urea groups is 1. The Labute approximate surface area is 161 Å². The molecule has 144 valence electrons. The molecule has 8 heteroatoms. The summed E-state index contributed by atoms with van der Waals surface area (Å²) in [4.78, 5) is 14.1. The summed E-state index contributed by atoms with van der Waals surface area (Å²) in [5, 5.41) is 5.90. The Morgan fingerprint density at radius 1 is 1.26 bits per heavy atom. The summed E-state index contributed by atoms with van der Waals surface area (Å²) < 4.78 is 31.5. The van der Waals surface area contributed by atoms with E-state index in [1.54, 1.807) is 24.3 Å². The molecule has 1 saturated heterocycles. The Morgan fingerprint density at radius 3 is 2.78 bits per heavy atom. The minimum absolute atomic E-state index is 0.218. The van der Waals surface area contributed by atoms with Crippen LogP contribution >= 0.6 is 11.6 Å². The molecule has 0 aliphatic carbocycles. The Hall–Kier alpha value is -2.54. The number of rotatable bonds is 5. The number of hydrogen-bond acceptors (Lipinski definition) is 3. The molecule has 1 aliphatic rings. The number of benzene rings is 2. The molecule has 0 saturated carbocycles. The van der Waals surface area contributed by atoms with Crippen molar-refractivity contribution in [1.29, 1.82) is 0 Å². The topological polar surface area (TPSA) is 53.6 Å². The lowest BCUT2D eigenvalue weighted by molar-refractivity contribution is 0.250. The zero-order valence-corrected chi connectivity index (χ0v) is 15.5. The highest BCUT2D eigenvalue weighted by molar-refractivity contribution is 6.33. The predicted octanol–water partition coefficient (Wildman–Crippen LogP) is 4.27. The van der Waals surface area contributed by atoms with Crippen LogP contribution in [-0.4, -0.2) is 32.8 Å². The zero-order valence-electron chi connectivity index (χ0n) is 14.8. The molecule has 2 aromatic rings. The van der Waals surface area contributed by atoms with Crippen molar-refractivity contribution < 1.29 is 18.3 Å². The van der Waals surface area contributed by atoms with Crippen molar-refractivity contribution >= 4 is 29.0 Å². The molecule has 27 heavy (non-hydrogen) atoms. The zero-order chi connectivity index (χ0) is 19.4. The molecule has 0 radical (unpaired) electrons. The van der Waals surface area contributed by atoms with Crippen LogP contribution in [0.15, 0.2) is 36.4 Å². The second-order valence-corrected chi connectivity index (χ2v) is 6.79. The summed E-state index contributed by atoms with van der Waals surface area (Å²) in [6.07, 6.45) is 0.850. The van der Waals surface area contributed by atoms with Gasteiger partial charge < -0.3 is 20.3 Å². The third kappa shape index (κ3) is 4.80. The van der Waals surface area contributed by atoms with Crippen LogP contribution in [0.3, 0.4) is 0 Å². The fraction of sp³-hybridized carbons (Fsp3) is 0.316. The molecule has 2 N–H and O–H groups in total. The average molecular weight is 396 g/mol. The van der Waals surface area contributed by atoms with Crippen molar-refractivity contribution in [3.05, 3.63) is 53.1 Å². The van der Waals surface area contributed by atoms with E-state index < -0.39 is 11.6 Å². The van der Waals surface area contributed by atoms with Crippen LogP contribution in [-0.2, 0) is 0 Å². The Balaban J connectivity index is 1.49. The van der Waals surface area contributed by atoms with E-state index in [1.807, 2.05) is 4.90 Å². The fourth-order valence-electron chi connectivity index (χ4n) is 3.04. The predicted molar refractivity (Wildman–Crippen MR) is 102 cm³/mol. The Bertz CT molecular complexity index is 835. The highest BCUT2D eigenvalue weighted by atomic mass is 35.5. The number of halogens is 3. The van der Waals surface area contributed by atoms with E-state index in [9.17, 15) is 13.6 Å². The number of methoxy groups -OCH3 is 1. The van der Waals surface area contributed by atoms with Gasteiger partial charge in [-0.2, -0.15) is 0 Å². The largest absolute Gasteiger partial charge is 0.497 e. The molecule has 0 spiro atoms. The smallest absolute Gasteiger partial charge is 0.319 e. The fourth-order valence-corrected chi connectivity index (χ4v) is 3.26. The molecule has 5 nitrogen and oxygen atoms in total. The van der Waals surface area contributed by atoms with Crippen LogP contribution in [0.25, 0.3) is 0 Å². The molecule has 1 aliphatic heterocycles. The highest BCUT2D eigenvalue weighted by Gasteiger charge is 2.24. The Morgan fingerprint density at radius 2 is 2.07 bits per heavy atom. The molecule has 2 amide bonds. The molecule has 0 bridgehead atoms. The maximum atomic E-state index is 13.4. The summed E-state index contributed by atoms with van der Waals surface area (Å²) in [6.45, 7) is 1.86. The highest BCUT2D eigenvalue weighted by Crippen LogP contribution is 2.27. The maximum absolute atomic E-state index is 13.4. The molecular formula is C19H20ClF2N3O2. The van der Waals surface area contributed by atoms with Crippen molar-refractivity contribution in [3.8, 4) is 5.75 Å². The monoisotopic (exact) mass is 395 g/mol. The van der Waals surface area contributed by atoms with Gasteiger partial charge in [0, 0.05) is 37.5 Å². The number of hydrogen-bond donors (Lipinski definition) is 2. The number of amides is 2. The van der Waals surface area contributed by atoms with Crippen molar-refractivity contribution in [1.82, 2.24) is 5.32 Å². The van der Waals surface area contributed by atoms with Crippen LogP contribution in [0.1, 0.15) is 6.42 Å². The number of nitrogens with zero attached hydrogens (tertiary/aromatic N) is 1. The van der Waals surface area contributed by atoms with Crippen LogP contribution < -0.4 is 20.3 Å². The molecule has 0 aromatic heterocycles. The van der Waals surface area contributed by atoms with Gasteiger partial charge in [-0.15, -0.1) is 0 Å². The second-order valence-electron chi connectivity index (χ2n) is 6.38. The molecule has 1 fully saturated rings. The van der Waals surface area contributed by atoms with Crippen LogP contribution in [0.4, 0.5) is 25.0 Å². The molecular weight excluding hydrogens is 376 g/mol. The summed E-state index contributed by atoms with van der Waals surface area (Å²) in [5.41, 5.74) is 1.13. The van der Waals surface area contributed by atoms with Gasteiger partial charge in [-0.1, -0.05) is 11.6 Å². The summed E-state index contributed by atoms with van der Waals surface area (Å²) in [6, 6.07) is 8.53. The van der Waals surface area contributed by atoms with Crippen molar-refractivity contribution in [2.24, 2.45) is 5.92 Å². The minimum atomic E-state index is -0.857. The number of nitrogens with one attached hydrogen (secondary N) is 2. The van der Waals surface area contributed by atoms with Gasteiger partial charge in [0.05, 0.1) is 17.8 Å². The Kier molecular flexibility index (Phi) is 6.01. The first kappa shape index (κ1) is 19.2. The van der Waals surface area contributed by atoms with Gasteiger partial charge in [0.2, 0.25) is 0 Å².